The van der Waals surface area contributed by atoms with Crippen LogP contribution >= 0.6 is 11.3 Å². The van der Waals surface area contributed by atoms with Crippen molar-refractivity contribution < 1.29 is 36.8 Å². The molecular formula is C18H18CuN2O6S. The fourth-order valence-electron chi connectivity index (χ4n) is 2.77. The van der Waals surface area contributed by atoms with E-state index in [0.717, 1.165) is 31.2 Å². The van der Waals surface area contributed by atoms with Gasteiger partial charge >= 0.3 is 23.0 Å². The van der Waals surface area contributed by atoms with Crippen molar-refractivity contribution in [1.29, 1.82) is 0 Å². The number of para-hydroxylation sites is 1. The molecule has 1 aliphatic carbocycles. The Balaban J connectivity index is 0.000000717. The average Bonchev–Trinajstić information content (AvgIpc) is 2.99. The molecule has 2 aromatic rings. The summed E-state index contributed by atoms with van der Waals surface area (Å²) in [5.74, 6) is -0.385. The van der Waals surface area contributed by atoms with E-state index in [9.17, 15) is 9.90 Å². The summed E-state index contributed by atoms with van der Waals surface area (Å²) in [6.45, 7) is 2.14. The van der Waals surface area contributed by atoms with E-state index in [1.54, 1.807) is 42.7 Å². The van der Waals surface area contributed by atoms with Crippen molar-refractivity contribution in [3.05, 3.63) is 61.2 Å². The first-order chi connectivity index (χ1) is 12.9. The molecule has 0 spiro atoms. The first kappa shape index (κ1) is 23.6. The van der Waals surface area contributed by atoms with Crippen LogP contribution < -0.4 is 5.11 Å². The van der Waals surface area contributed by atoms with Crippen LogP contribution in [-0.4, -0.2) is 23.9 Å². The van der Waals surface area contributed by atoms with Crippen molar-refractivity contribution in [3.63, 3.8) is 0 Å². The van der Waals surface area contributed by atoms with Crippen LogP contribution in [0.15, 0.2) is 29.3 Å². The fourth-order valence-corrected chi connectivity index (χ4v) is 3.99. The molecule has 1 aliphatic rings. The van der Waals surface area contributed by atoms with E-state index in [1.807, 2.05) is 0 Å². The van der Waals surface area contributed by atoms with Gasteiger partial charge in [-0.3, -0.25) is 0 Å². The molecule has 0 N–H and O–H groups in total. The van der Waals surface area contributed by atoms with Gasteiger partial charge in [0.25, 0.3) is 0 Å². The SMILES string of the molecule is CCOC(=O)c1c(/N=C/c2ccccc2[O-])sc2c1CCCC2.O=[N+]([O-])[O-].[Cu+2]. The summed E-state index contributed by atoms with van der Waals surface area (Å²) in [4.78, 5) is 26.2. The van der Waals surface area contributed by atoms with Gasteiger partial charge < -0.3 is 25.2 Å². The monoisotopic (exact) mass is 453 g/mol. The molecule has 0 atom stereocenters. The van der Waals surface area contributed by atoms with Crippen molar-refractivity contribution in [2.45, 2.75) is 32.6 Å². The predicted octanol–water partition coefficient (Wildman–Crippen LogP) is 3.39. The van der Waals surface area contributed by atoms with Gasteiger partial charge in [0.15, 0.2) is 0 Å². The molecule has 0 fully saturated rings. The maximum atomic E-state index is 12.3. The van der Waals surface area contributed by atoms with Crippen LogP contribution in [0.5, 0.6) is 5.75 Å². The maximum Gasteiger partial charge on any atom is 2.00 e. The van der Waals surface area contributed by atoms with Crippen molar-refractivity contribution >= 4 is 28.5 Å². The first-order valence-electron chi connectivity index (χ1n) is 8.37. The molecule has 1 heterocycles. The van der Waals surface area contributed by atoms with Crippen LogP contribution in [0.4, 0.5) is 5.00 Å². The Bertz CT molecular complexity index is 849. The number of nitrogens with zero attached hydrogens (tertiary/aromatic N) is 2. The van der Waals surface area contributed by atoms with Crippen LogP contribution in [0.3, 0.4) is 0 Å². The van der Waals surface area contributed by atoms with E-state index >= 15 is 0 Å². The Kier molecular flexibility index (Phi) is 9.64. The Morgan fingerprint density at radius 2 is 1.93 bits per heavy atom. The average molecular weight is 454 g/mol. The molecule has 153 valence electrons. The standard InChI is InChI=1S/C18H19NO3S.Cu.NO3/c1-2-22-18(21)16-13-8-4-6-10-15(13)23-17(16)19-11-12-7-3-5-9-14(12)20;;2-1(3)4/h3,5,7,9,11,20H,2,4,6,8,10H2,1H3;;/q;+2;-1/p-1/b19-11+;;. The summed E-state index contributed by atoms with van der Waals surface area (Å²) in [6, 6.07) is 6.73. The number of benzene rings is 1. The van der Waals surface area contributed by atoms with Gasteiger partial charge in [0.2, 0.25) is 0 Å². The second kappa shape index (κ2) is 11.4. The van der Waals surface area contributed by atoms with Crippen LogP contribution in [0.1, 0.15) is 46.1 Å². The van der Waals surface area contributed by atoms with E-state index in [1.165, 1.54) is 10.9 Å². The van der Waals surface area contributed by atoms with Gasteiger partial charge in [0.05, 0.1) is 17.3 Å². The molecule has 1 aromatic heterocycles. The number of fused-ring (bicyclic) bond motifs is 1. The van der Waals surface area contributed by atoms with Gasteiger partial charge in [-0.05, 0) is 43.7 Å². The minimum atomic E-state index is -1.75. The van der Waals surface area contributed by atoms with Crippen LogP contribution in [0, 0.1) is 15.3 Å². The Morgan fingerprint density at radius 3 is 2.57 bits per heavy atom. The molecule has 0 amide bonds. The summed E-state index contributed by atoms with van der Waals surface area (Å²) < 4.78 is 5.20. The zero-order chi connectivity index (χ0) is 19.8. The minimum Gasteiger partial charge on any atom is -0.872 e. The summed E-state index contributed by atoms with van der Waals surface area (Å²) >= 11 is 1.54. The topological polar surface area (TPSA) is 128 Å². The van der Waals surface area contributed by atoms with Gasteiger partial charge in [0.1, 0.15) is 5.00 Å². The molecule has 0 aliphatic heterocycles. The molecule has 0 bridgehead atoms. The molecule has 0 unspecified atom stereocenters. The van der Waals surface area contributed by atoms with Crippen molar-refractivity contribution in [1.82, 2.24) is 0 Å². The molecule has 1 radical (unpaired) electrons. The van der Waals surface area contributed by atoms with Crippen LogP contribution in [0.25, 0.3) is 0 Å². The number of aliphatic imine (C=N–C) groups is 1. The van der Waals surface area contributed by atoms with Gasteiger partial charge in [-0.1, -0.05) is 24.3 Å². The van der Waals surface area contributed by atoms with Gasteiger partial charge in [-0.25, -0.2) is 9.79 Å². The number of carbonyl (C=O) groups is 1. The van der Waals surface area contributed by atoms with E-state index in [0.29, 0.717) is 22.7 Å². The molecule has 0 saturated heterocycles. The summed E-state index contributed by atoms with van der Waals surface area (Å²) in [5, 5.41) is 27.2. The molecule has 1 aromatic carbocycles. The van der Waals surface area contributed by atoms with E-state index in [2.05, 4.69) is 4.99 Å². The normalized spacial score (nSPS) is 12.3. The van der Waals surface area contributed by atoms with Crippen LogP contribution in [0.2, 0.25) is 0 Å². The number of aryl methyl sites for hydroxylation is 1. The third-order valence-electron chi connectivity index (χ3n) is 3.87. The van der Waals surface area contributed by atoms with E-state index < -0.39 is 5.09 Å². The zero-order valence-electron chi connectivity index (χ0n) is 15.0. The number of ether oxygens (including phenoxy) is 1. The minimum absolute atomic E-state index is 0. The molecule has 3 rings (SSSR count). The van der Waals surface area contributed by atoms with Crippen molar-refractivity contribution in [2.24, 2.45) is 4.99 Å². The predicted molar refractivity (Wildman–Crippen MR) is 100 cm³/mol. The molecular weight excluding hydrogens is 436 g/mol. The molecule has 0 saturated carbocycles. The van der Waals surface area contributed by atoms with Crippen molar-refractivity contribution in [3.8, 4) is 5.75 Å². The first-order valence-corrected chi connectivity index (χ1v) is 9.19. The number of carbonyl (C=O) groups excluding carboxylic acids is 1. The Labute approximate surface area is 176 Å². The smallest absolute Gasteiger partial charge is 0.872 e. The third kappa shape index (κ3) is 6.33. The fraction of sp³-hybridized carbons (Fsp3) is 0.333. The summed E-state index contributed by atoms with van der Waals surface area (Å²) in [5.41, 5.74) is 2.20. The molecule has 10 heteroatoms. The van der Waals surface area contributed by atoms with E-state index in [-0.39, 0.29) is 28.8 Å². The largest absolute Gasteiger partial charge is 2.00 e. The number of hydrogen-bond acceptors (Lipinski definition) is 8. The molecule has 28 heavy (non-hydrogen) atoms. The number of rotatable bonds is 4. The summed E-state index contributed by atoms with van der Waals surface area (Å²) in [7, 11) is 0. The van der Waals surface area contributed by atoms with Gasteiger partial charge in [0, 0.05) is 11.1 Å². The number of esters is 1. The van der Waals surface area contributed by atoms with Gasteiger partial charge in [-0.15, -0.1) is 17.1 Å². The zero-order valence-corrected chi connectivity index (χ0v) is 16.7. The third-order valence-corrected chi connectivity index (χ3v) is 5.07. The summed E-state index contributed by atoms with van der Waals surface area (Å²) in [6.07, 6.45) is 5.65. The Hall–Kier alpha value is -2.42. The van der Waals surface area contributed by atoms with Crippen LogP contribution in [-0.2, 0) is 34.6 Å². The number of thiophene rings is 1. The van der Waals surface area contributed by atoms with Crippen molar-refractivity contribution in [2.75, 3.05) is 6.61 Å². The van der Waals surface area contributed by atoms with Gasteiger partial charge in [-0.2, -0.15) is 0 Å². The molecule has 8 nitrogen and oxygen atoms in total. The van der Waals surface area contributed by atoms with E-state index in [4.69, 9.17) is 20.1 Å². The Morgan fingerprint density at radius 1 is 1.29 bits per heavy atom. The maximum absolute atomic E-state index is 12.3. The quantitative estimate of drug-likeness (QED) is 0.229. The second-order valence-electron chi connectivity index (χ2n) is 5.63. The second-order valence-corrected chi connectivity index (χ2v) is 6.71. The number of hydrogen-bond donors (Lipinski definition) is 0.